The lowest BCUT2D eigenvalue weighted by atomic mass is 10.2. The number of rotatable bonds is 8. The first-order valence-electron chi connectivity index (χ1n) is 7.94. The number of likely N-dealkylation sites (N-methyl/N-ethyl adjacent to an activating group) is 1. The van der Waals surface area contributed by atoms with Gasteiger partial charge in [-0.2, -0.15) is 0 Å². The summed E-state index contributed by atoms with van der Waals surface area (Å²) in [5.74, 6) is 1.19. The normalized spacial score (nSPS) is 10.5. The van der Waals surface area contributed by atoms with Gasteiger partial charge in [0.15, 0.2) is 0 Å². The van der Waals surface area contributed by atoms with E-state index in [2.05, 4.69) is 22.3 Å². The summed E-state index contributed by atoms with van der Waals surface area (Å²) in [6.07, 6.45) is 0. The van der Waals surface area contributed by atoms with Gasteiger partial charge in [0.25, 0.3) is 0 Å². The number of anilines is 1. The first-order chi connectivity index (χ1) is 11.7. The second-order valence-corrected chi connectivity index (χ2v) is 5.40. The van der Waals surface area contributed by atoms with Crippen molar-refractivity contribution in [3.05, 3.63) is 54.1 Å². The number of carbonyl (C=O) groups is 1. The van der Waals surface area contributed by atoms with Crippen molar-refractivity contribution in [3.63, 3.8) is 0 Å². The van der Waals surface area contributed by atoms with Crippen LogP contribution in [0.1, 0.15) is 12.5 Å². The van der Waals surface area contributed by atoms with Crippen LogP contribution in [0.5, 0.6) is 11.5 Å². The topological polar surface area (TPSA) is 50.8 Å². The molecule has 0 bridgehead atoms. The number of ether oxygens (including phenoxy) is 2. The number of carbonyl (C=O) groups excluding carboxylic acids is 1. The summed E-state index contributed by atoms with van der Waals surface area (Å²) in [4.78, 5) is 14.5. The summed E-state index contributed by atoms with van der Waals surface area (Å²) < 4.78 is 10.5. The van der Waals surface area contributed by atoms with Gasteiger partial charge in [0.1, 0.15) is 11.5 Å². The van der Waals surface area contributed by atoms with Crippen LogP contribution < -0.4 is 14.8 Å². The second-order valence-electron chi connectivity index (χ2n) is 5.40. The van der Waals surface area contributed by atoms with Gasteiger partial charge < -0.3 is 14.8 Å². The van der Waals surface area contributed by atoms with Crippen LogP contribution in [0.3, 0.4) is 0 Å². The first kappa shape index (κ1) is 17.8. The van der Waals surface area contributed by atoms with Crippen molar-refractivity contribution in [3.8, 4) is 11.5 Å². The molecule has 0 spiro atoms. The third-order valence-electron chi connectivity index (χ3n) is 3.74. The number of benzene rings is 2. The molecule has 2 aromatic carbocycles. The van der Waals surface area contributed by atoms with Gasteiger partial charge in [-0.3, -0.25) is 9.69 Å². The molecule has 0 atom stereocenters. The minimum absolute atomic E-state index is 0.0839. The van der Waals surface area contributed by atoms with Crippen LogP contribution in [0.4, 0.5) is 5.69 Å². The standard InChI is InChI=1S/C19H24N2O3/c1-4-21(13-15-8-6-5-7-9-15)14-19(22)20-17-12-16(23-2)10-11-18(17)24-3/h5-12H,4,13-14H2,1-3H3,(H,20,22). The number of nitrogens with zero attached hydrogens (tertiary/aromatic N) is 1. The average Bonchev–Trinajstić information content (AvgIpc) is 2.61. The predicted molar refractivity (Wildman–Crippen MR) is 95.6 cm³/mol. The van der Waals surface area contributed by atoms with Crippen molar-refractivity contribution in [2.24, 2.45) is 0 Å². The highest BCUT2D eigenvalue weighted by atomic mass is 16.5. The van der Waals surface area contributed by atoms with E-state index < -0.39 is 0 Å². The quantitative estimate of drug-likeness (QED) is 0.809. The molecule has 0 radical (unpaired) electrons. The molecular formula is C19H24N2O3. The molecule has 0 saturated carbocycles. The smallest absolute Gasteiger partial charge is 0.238 e. The lowest BCUT2D eigenvalue weighted by molar-refractivity contribution is -0.117. The highest BCUT2D eigenvalue weighted by molar-refractivity contribution is 5.94. The Bertz CT molecular complexity index is 659. The zero-order valence-electron chi connectivity index (χ0n) is 14.4. The summed E-state index contributed by atoms with van der Waals surface area (Å²) in [6, 6.07) is 15.4. The fourth-order valence-corrected chi connectivity index (χ4v) is 2.43. The highest BCUT2D eigenvalue weighted by Gasteiger charge is 2.13. The summed E-state index contributed by atoms with van der Waals surface area (Å²) >= 11 is 0. The molecule has 0 unspecified atom stereocenters. The van der Waals surface area contributed by atoms with E-state index in [-0.39, 0.29) is 5.91 Å². The van der Waals surface area contributed by atoms with Gasteiger partial charge in [-0.1, -0.05) is 37.3 Å². The van der Waals surface area contributed by atoms with Gasteiger partial charge in [-0.05, 0) is 24.2 Å². The Morgan fingerprint density at radius 1 is 1.08 bits per heavy atom. The van der Waals surface area contributed by atoms with Gasteiger partial charge >= 0.3 is 0 Å². The van der Waals surface area contributed by atoms with Crippen LogP contribution in [-0.4, -0.2) is 38.1 Å². The van der Waals surface area contributed by atoms with E-state index in [1.165, 1.54) is 5.56 Å². The van der Waals surface area contributed by atoms with E-state index in [0.717, 1.165) is 13.1 Å². The summed E-state index contributed by atoms with van der Waals surface area (Å²) in [5.41, 5.74) is 1.80. The molecule has 0 aliphatic carbocycles. The van der Waals surface area contributed by atoms with Crippen LogP contribution in [0.15, 0.2) is 48.5 Å². The Labute approximate surface area is 143 Å². The van der Waals surface area contributed by atoms with E-state index in [4.69, 9.17) is 9.47 Å². The van der Waals surface area contributed by atoms with Crippen molar-refractivity contribution in [2.45, 2.75) is 13.5 Å². The maximum atomic E-state index is 12.4. The average molecular weight is 328 g/mol. The molecule has 2 aromatic rings. The minimum atomic E-state index is -0.0839. The number of methoxy groups -OCH3 is 2. The Morgan fingerprint density at radius 3 is 2.46 bits per heavy atom. The third-order valence-corrected chi connectivity index (χ3v) is 3.74. The summed E-state index contributed by atoms with van der Waals surface area (Å²) in [6.45, 7) is 3.88. The number of hydrogen-bond donors (Lipinski definition) is 1. The van der Waals surface area contributed by atoms with Crippen LogP contribution in [-0.2, 0) is 11.3 Å². The molecule has 1 N–H and O–H groups in total. The Morgan fingerprint density at radius 2 is 1.83 bits per heavy atom. The third kappa shape index (κ3) is 4.99. The number of amides is 1. The Kier molecular flexibility index (Phi) is 6.63. The van der Waals surface area contributed by atoms with Gasteiger partial charge in [-0.15, -0.1) is 0 Å². The predicted octanol–water partition coefficient (Wildman–Crippen LogP) is 3.16. The molecule has 0 fully saturated rings. The van der Waals surface area contributed by atoms with Crippen molar-refractivity contribution in [1.29, 1.82) is 0 Å². The molecule has 0 heterocycles. The van der Waals surface area contributed by atoms with E-state index in [9.17, 15) is 4.79 Å². The lowest BCUT2D eigenvalue weighted by Crippen LogP contribution is -2.32. The maximum Gasteiger partial charge on any atom is 0.238 e. The van der Waals surface area contributed by atoms with Crippen molar-refractivity contribution < 1.29 is 14.3 Å². The fraction of sp³-hybridized carbons (Fsp3) is 0.316. The molecule has 2 rings (SSSR count). The molecule has 5 heteroatoms. The zero-order valence-corrected chi connectivity index (χ0v) is 14.4. The van der Waals surface area contributed by atoms with Crippen LogP contribution in [0, 0.1) is 0 Å². The highest BCUT2D eigenvalue weighted by Crippen LogP contribution is 2.28. The van der Waals surface area contributed by atoms with Gasteiger partial charge in [0.05, 0.1) is 26.5 Å². The van der Waals surface area contributed by atoms with Gasteiger partial charge in [0, 0.05) is 12.6 Å². The number of nitrogens with one attached hydrogen (secondary N) is 1. The largest absolute Gasteiger partial charge is 0.497 e. The first-order valence-corrected chi connectivity index (χ1v) is 7.94. The van der Waals surface area contributed by atoms with Crippen molar-refractivity contribution in [1.82, 2.24) is 4.90 Å². The van der Waals surface area contributed by atoms with Crippen LogP contribution in [0.2, 0.25) is 0 Å². The molecule has 0 aliphatic heterocycles. The SMILES string of the molecule is CCN(CC(=O)Nc1cc(OC)ccc1OC)Cc1ccccc1. The second kappa shape index (κ2) is 8.93. The summed E-state index contributed by atoms with van der Waals surface area (Å²) in [7, 11) is 3.16. The van der Waals surface area contributed by atoms with E-state index >= 15 is 0 Å². The van der Waals surface area contributed by atoms with Crippen LogP contribution in [0.25, 0.3) is 0 Å². The molecule has 0 saturated heterocycles. The van der Waals surface area contributed by atoms with E-state index in [1.54, 1.807) is 32.4 Å². The molecular weight excluding hydrogens is 304 g/mol. The Balaban J connectivity index is 2.01. The Hall–Kier alpha value is -2.53. The zero-order chi connectivity index (χ0) is 17.4. The van der Waals surface area contributed by atoms with Gasteiger partial charge in [-0.25, -0.2) is 0 Å². The van der Waals surface area contributed by atoms with Crippen molar-refractivity contribution in [2.75, 3.05) is 32.6 Å². The van der Waals surface area contributed by atoms with Crippen LogP contribution >= 0.6 is 0 Å². The summed E-state index contributed by atoms with van der Waals surface area (Å²) in [5, 5.41) is 2.90. The minimum Gasteiger partial charge on any atom is -0.497 e. The molecule has 24 heavy (non-hydrogen) atoms. The van der Waals surface area contributed by atoms with Crippen molar-refractivity contribution >= 4 is 11.6 Å². The number of hydrogen-bond acceptors (Lipinski definition) is 4. The van der Waals surface area contributed by atoms with E-state index in [0.29, 0.717) is 23.7 Å². The monoisotopic (exact) mass is 328 g/mol. The molecule has 1 amide bonds. The maximum absolute atomic E-state index is 12.4. The van der Waals surface area contributed by atoms with Gasteiger partial charge in [0.2, 0.25) is 5.91 Å². The molecule has 128 valence electrons. The molecule has 0 aliphatic rings. The van der Waals surface area contributed by atoms with E-state index in [1.807, 2.05) is 25.1 Å². The molecule has 5 nitrogen and oxygen atoms in total. The molecule has 0 aromatic heterocycles. The fourth-order valence-electron chi connectivity index (χ4n) is 2.43. The lowest BCUT2D eigenvalue weighted by Gasteiger charge is -2.20.